The molecule has 3 rings (SSSR count). The summed E-state index contributed by atoms with van der Waals surface area (Å²) in [5, 5.41) is 0. The van der Waals surface area contributed by atoms with Crippen LogP contribution in [0.3, 0.4) is 0 Å². The number of nitrogens with zero attached hydrogens (tertiary/aromatic N) is 2. The van der Waals surface area contributed by atoms with E-state index in [1.54, 1.807) is 11.9 Å². The van der Waals surface area contributed by atoms with Crippen molar-refractivity contribution in [2.24, 2.45) is 5.41 Å². The molecule has 0 bridgehead atoms. The van der Waals surface area contributed by atoms with Crippen LogP contribution in [0.1, 0.15) is 35.6 Å². The van der Waals surface area contributed by atoms with E-state index in [1.165, 1.54) is 0 Å². The second kappa shape index (κ2) is 3.12. The Morgan fingerprint density at radius 1 is 1.29 bits per heavy atom. The lowest BCUT2D eigenvalue weighted by Crippen LogP contribution is -2.35. The van der Waals surface area contributed by atoms with E-state index >= 15 is 0 Å². The zero-order chi connectivity index (χ0) is 12.4. The van der Waals surface area contributed by atoms with Crippen LogP contribution in [-0.4, -0.2) is 29.0 Å². The van der Waals surface area contributed by atoms with E-state index in [-0.39, 0.29) is 17.1 Å². The summed E-state index contributed by atoms with van der Waals surface area (Å²) < 4.78 is 16.4. The fraction of sp³-hybridized carbons (Fsp3) is 0.615. The molecular weight excluding hydrogens is 219 g/mol. The van der Waals surface area contributed by atoms with E-state index in [4.69, 9.17) is 0 Å². The number of hydrogen-bond acceptors (Lipinski definition) is 1. The molecule has 1 aromatic rings. The number of carbonyl (C=O) groups excluding carboxylic acids is 1. The molecule has 0 atom stereocenters. The minimum atomic E-state index is -0.276. The van der Waals surface area contributed by atoms with Gasteiger partial charge < -0.3 is 9.47 Å². The van der Waals surface area contributed by atoms with E-state index in [0.29, 0.717) is 12.1 Å². The van der Waals surface area contributed by atoms with E-state index in [2.05, 4.69) is 13.8 Å². The molecule has 0 saturated heterocycles. The highest BCUT2D eigenvalue weighted by atomic mass is 19.1. The van der Waals surface area contributed by atoms with Gasteiger partial charge in [-0.15, -0.1) is 0 Å². The fourth-order valence-corrected chi connectivity index (χ4v) is 3.03. The minimum absolute atomic E-state index is 0.109. The summed E-state index contributed by atoms with van der Waals surface area (Å²) in [4.78, 5) is 13.6. The standard InChI is InChI=1S/C13H17FN2O/c1-13(2)6-9-11(14)10-8(16(9)7-13)4-5-15(3)12(10)17/h4-7H2,1-3H3. The maximum Gasteiger partial charge on any atom is 0.258 e. The van der Waals surface area contributed by atoms with Crippen LogP contribution in [0.25, 0.3) is 0 Å². The van der Waals surface area contributed by atoms with Gasteiger partial charge in [-0.05, 0) is 11.8 Å². The first-order valence-corrected chi connectivity index (χ1v) is 6.06. The normalized spacial score (nSPS) is 21.6. The lowest BCUT2D eigenvalue weighted by Gasteiger charge is -2.25. The van der Waals surface area contributed by atoms with Crippen molar-refractivity contribution in [3.63, 3.8) is 0 Å². The van der Waals surface area contributed by atoms with Crippen molar-refractivity contribution in [1.29, 1.82) is 0 Å². The summed E-state index contributed by atoms with van der Waals surface area (Å²) >= 11 is 0. The van der Waals surface area contributed by atoms with Crippen molar-refractivity contribution in [1.82, 2.24) is 9.47 Å². The molecule has 1 aromatic heterocycles. The monoisotopic (exact) mass is 236 g/mol. The van der Waals surface area contributed by atoms with Gasteiger partial charge in [-0.1, -0.05) is 13.8 Å². The predicted molar refractivity (Wildman–Crippen MR) is 62.5 cm³/mol. The van der Waals surface area contributed by atoms with E-state index < -0.39 is 0 Å². The molecule has 0 aliphatic carbocycles. The van der Waals surface area contributed by atoms with Crippen LogP contribution in [0.15, 0.2) is 0 Å². The molecule has 2 aliphatic rings. The van der Waals surface area contributed by atoms with Gasteiger partial charge in [-0.25, -0.2) is 4.39 Å². The number of likely N-dealkylation sites (N-methyl/N-ethyl adjacent to an activating group) is 1. The number of fused-ring (bicyclic) bond motifs is 3. The highest BCUT2D eigenvalue weighted by Gasteiger charge is 2.39. The third-order valence-corrected chi connectivity index (χ3v) is 3.89. The van der Waals surface area contributed by atoms with Crippen LogP contribution in [0.4, 0.5) is 4.39 Å². The molecule has 0 spiro atoms. The first-order chi connectivity index (χ1) is 7.91. The Labute approximate surface area is 100 Å². The molecule has 0 unspecified atom stereocenters. The quantitative estimate of drug-likeness (QED) is 0.674. The summed E-state index contributed by atoms with van der Waals surface area (Å²) in [6.45, 7) is 5.80. The first-order valence-electron chi connectivity index (χ1n) is 6.06. The lowest BCUT2D eigenvalue weighted by molar-refractivity contribution is 0.0773. The Kier molecular flexibility index (Phi) is 1.98. The number of aromatic nitrogens is 1. The van der Waals surface area contributed by atoms with Crippen LogP contribution in [0.5, 0.6) is 0 Å². The third-order valence-electron chi connectivity index (χ3n) is 3.89. The maximum absolute atomic E-state index is 14.3. The molecular formula is C13H17FN2O. The van der Waals surface area contributed by atoms with Crippen molar-refractivity contribution >= 4 is 5.91 Å². The second-order valence-electron chi connectivity index (χ2n) is 5.99. The molecule has 0 fully saturated rings. The Bertz CT molecular complexity index is 516. The van der Waals surface area contributed by atoms with Crippen LogP contribution in [-0.2, 0) is 19.4 Å². The number of halogens is 1. The van der Waals surface area contributed by atoms with Gasteiger partial charge in [0.25, 0.3) is 5.91 Å². The van der Waals surface area contributed by atoms with Crippen LogP contribution in [0, 0.1) is 11.2 Å². The largest absolute Gasteiger partial charge is 0.344 e. The molecule has 0 N–H and O–H groups in total. The molecule has 92 valence electrons. The maximum atomic E-state index is 14.3. The molecule has 4 heteroatoms. The lowest BCUT2D eigenvalue weighted by atomic mass is 9.90. The summed E-state index contributed by atoms with van der Waals surface area (Å²) in [6.07, 6.45) is 1.49. The summed E-state index contributed by atoms with van der Waals surface area (Å²) in [6, 6.07) is 0. The number of hydrogen-bond donors (Lipinski definition) is 0. The van der Waals surface area contributed by atoms with Gasteiger partial charge in [0.2, 0.25) is 0 Å². The van der Waals surface area contributed by atoms with Gasteiger partial charge in [0.1, 0.15) is 0 Å². The van der Waals surface area contributed by atoms with E-state index in [1.807, 2.05) is 4.57 Å². The van der Waals surface area contributed by atoms with Crippen molar-refractivity contribution < 1.29 is 9.18 Å². The third kappa shape index (κ3) is 1.36. The topological polar surface area (TPSA) is 25.2 Å². The zero-order valence-electron chi connectivity index (χ0n) is 10.5. The van der Waals surface area contributed by atoms with Crippen molar-refractivity contribution in [2.45, 2.75) is 33.2 Å². The smallest absolute Gasteiger partial charge is 0.258 e. The van der Waals surface area contributed by atoms with Crippen molar-refractivity contribution in [2.75, 3.05) is 13.6 Å². The van der Waals surface area contributed by atoms with Gasteiger partial charge in [0.05, 0.1) is 11.3 Å². The summed E-state index contributed by atoms with van der Waals surface area (Å²) in [5.41, 5.74) is 2.07. The SMILES string of the molecule is CN1CCc2c(c(F)c3n2CC(C)(C)C3)C1=O. The summed E-state index contributed by atoms with van der Waals surface area (Å²) in [7, 11) is 1.73. The van der Waals surface area contributed by atoms with Crippen molar-refractivity contribution in [3.8, 4) is 0 Å². The molecule has 2 aliphatic heterocycles. The fourth-order valence-electron chi connectivity index (χ4n) is 3.03. The average molecular weight is 236 g/mol. The zero-order valence-corrected chi connectivity index (χ0v) is 10.5. The molecule has 1 amide bonds. The first kappa shape index (κ1) is 10.8. The molecule has 0 radical (unpaired) electrons. The van der Waals surface area contributed by atoms with Crippen molar-refractivity contribution in [3.05, 3.63) is 22.8 Å². The van der Waals surface area contributed by atoms with Crippen LogP contribution < -0.4 is 0 Å². The summed E-state index contributed by atoms with van der Waals surface area (Å²) in [5.74, 6) is -0.439. The molecule has 3 nitrogen and oxygen atoms in total. The Hall–Kier alpha value is -1.32. The Balaban J connectivity index is 2.16. The number of rotatable bonds is 0. The number of amides is 1. The Morgan fingerprint density at radius 3 is 2.71 bits per heavy atom. The minimum Gasteiger partial charge on any atom is -0.344 e. The van der Waals surface area contributed by atoms with Gasteiger partial charge in [-0.2, -0.15) is 0 Å². The predicted octanol–water partition coefficient (Wildman–Crippen LogP) is 1.84. The van der Waals surface area contributed by atoms with Gasteiger partial charge >= 0.3 is 0 Å². The van der Waals surface area contributed by atoms with Gasteiger partial charge in [0.15, 0.2) is 5.82 Å². The van der Waals surface area contributed by atoms with Gasteiger partial charge in [-0.3, -0.25) is 4.79 Å². The van der Waals surface area contributed by atoms with Crippen LogP contribution >= 0.6 is 0 Å². The van der Waals surface area contributed by atoms with E-state index in [0.717, 1.165) is 30.8 Å². The molecule has 3 heterocycles. The molecule has 0 aromatic carbocycles. The number of carbonyl (C=O) groups is 1. The molecule has 0 saturated carbocycles. The average Bonchev–Trinajstić information content (AvgIpc) is 2.67. The highest BCUT2D eigenvalue weighted by molar-refractivity contribution is 5.97. The van der Waals surface area contributed by atoms with Gasteiger partial charge in [0, 0.05) is 32.3 Å². The second-order valence-corrected chi connectivity index (χ2v) is 5.99. The Morgan fingerprint density at radius 2 is 2.00 bits per heavy atom. The van der Waals surface area contributed by atoms with Crippen LogP contribution in [0.2, 0.25) is 0 Å². The highest BCUT2D eigenvalue weighted by Crippen LogP contribution is 2.38. The van der Waals surface area contributed by atoms with E-state index in [9.17, 15) is 9.18 Å². The molecule has 17 heavy (non-hydrogen) atoms.